The van der Waals surface area contributed by atoms with Gasteiger partial charge in [0, 0.05) is 32.6 Å². The van der Waals surface area contributed by atoms with Crippen LogP contribution in [0.15, 0.2) is 30.3 Å². The monoisotopic (exact) mass is 496 g/mol. The van der Waals surface area contributed by atoms with Crippen LogP contribution < -0.4 is 10.6 Å². The van der Waals surface area contributed by atoms with Gasteiger partial charge >= 0.3 is 0 Å². The van der Waals surface area contributed by atoms with Crippen LogP contribution in [-0.2, 0) is 11.2 Å². The van der Waals surface area contributed by atoms with Crippen LogP contribution in [0.3, 0.4) is 0 Å². The molecule has 1 aromatic carbocycles. The molecule has 30 heavy (non-hydrogen) atoms. The lowest BCUT2D eigenvalue weighted by atomic mass is 10.1. The first-order chi connectivity index (χ1) is 14.3. The third kappa shape index (κ3) is 11.6. The van der Waals surface area contributed by atoms with Crippen molar-refractivity contribution in [3.8, 4) is 0 Å². The number of rotatable bonds is 5. The standard InChI is InChI=1S/C17H23Cl3N4OS.2C2H6/c1-23-9-11-24(12-10-23)16(26)22-15(17(18,19)20)21-14(25)8-7-13-5-3-2-4-6-13;2*1-2/h2-6,15H,7-12H2,1H3,(H,21,25)(H,22,26);2*1-2H3. The molecule has 0 bridgehead atoms. The van der Waals surface area contributed by atoms with Gasteiger partial charge in [0.2, 0.25) is 9.70 Å². The predicted molar refractivity (Wildman–Crippen MR) is 134 cm³/mol. The Labute approximate surface area is 202 Å². The molecule has 1 saturated heterocycles. The van der Waals surface area contributed by atoms with Gasteiger partial charge in [-0.15, -0.1) is 0 Å². The predicted octanol–water partition coefficient (Wildman–Crippen LogP) is 4.61. The van der Waals surface area contributed by atoms with E-state index in [1.807, 2.05) is 62.9 Å². The maximum Gasteiger partial charge on any atom is 0.228 e. The molecule has 1 aliphatic heterocycles. The van der Waals surface area contributed by atoms with Gasteiger partial charge in [-0.05, 0) is 31.2 Å². The second-order valence-electron chi connectivity index (χ2n) is 6.27. The summed E-state index contributed by atoms with van der Waals surface area (Å²) in [7, 11) is 2.06. The minimum atomic E-state index is -1.72. The van der Waals surface area contributed by atoms with Gasteiger partial charge in [0.1, 0.15) is 6.17 Å². The third-order valence-electron chi connectivity index (χ3n) is 4.17. The number of hydrogen-bond donors (Lipinski definition) is 2. The van der Waals surface area contributed by atoms with Gasteiger partial charge < -0.3 is 20.4 Å². The van der Waals surface area contributed by atoms with Crippen molar-refractivity contribution in [1.29, 1.82) is 0 Å². The number of nitrogens with zero attached hydrogens (tertiary/aromatic N) is 2. The maximum absolute atomic E-state index is 12.3. The van der Waals surface area contributed by atoms with E-state index in [1.54, 1.807) is 0 Å². The highest BCUT2D eigenvalue weighted by Gasteiger charge is 2.35. The molecule has 172 valence electrons. The quantitative estimate of drug-likeness (QED) is 0.353. The summed E-state index contributed by atoms with van der Waals surface area (Å²) in [5.41, 5.74) is 1.08. The smallest absolute Gasteiger partial charge is 0.228 e. The van der Waals surface area contributed by atoms with Gasteiger partial charge in [-0.25, -0.2) is 0 Å². The van der Waals surface area contributed by atoms with E-state index in [9.17, 15) is 4.79 Å². The number of alkyl halides is 3. The van der Waals surface area contributed by atoms with Crippen LogP contribution in [0.2, 0.25) is 0 Å². The number of nitrogens with one attached hydrogen (secondary N) is 2. The molecule has 2 rings (SSSR count). The molecule has 1 aliphatic rings. The largest absolute Gasteiger partial charge is 0.347 e. The van der Waals surface area contributed by atoms with Crippen molar-refractivity contribution in [2.24, 2.45) is 0 Å². The van der Waals surface area contributed by atoms with Crippen LogP contribution in [0.4, 0.5) is 0 Å². The Morgan fingerprint density at radius 1 is 1.03 bits per heavy atom. The minimum absolute atomic E-state index is 0.209. The molecule has 1 atom stereocenters. The van der Waals surface area contributed by atoms with Crippen LogP contribution in [0.1, 0.15) is 39.7 Å². The first kappa shape index (κ1) is 29.2. The number of halogens is 3. The van der Waals surface area contributed by atoms with Crippen LogP contribution in [-0.4, -0.2) is 64.0 Å². The van der Waals surface area contributed by atoms with Gasteiger partial charge in [0.05, 0.1) is 0 Å². The van der Waals surface area contributed by atoms with Crippen molar-refractivity contribution in [2.75, 3.05) is 33.2 Å². The summed E-state index contributed by atoms with van der Waals surface area (Å²) in [5, 5.41) is 6.19. The molecule has 5 nitrogen and oxygen atoms in total. The fraction of sp³-hybridized carbons (Fsp3) is 0.619. The summed E-state index contributed by atoms with van der Waals surface area (Å²) < 4.78 is -1.72. The number of hydrogen-bond acceptors (Lipinski definition) is 3. The molecule has 1 fully saturated rings. The number of aryl methyl sites for hydroxylation is 1. The number of likely N-dealkylation sites (N-methyl/N-ethyl adjacent to an activating group) is 1. The van der Waals surface area contributed by atoms with E-state index in [0.29, 0.717) is 18.0 Å². The number of thiocarbonyl (C=S) groups is 1. The summed E-state index contributed by atoms with van der Waals surface area (Å²) in [5.74, 6) is -0.209. The normalized spacial score (nSPS) is 15.0. The maximum atomic E-state index is 12.3. The van der Waals surface area contributed by atoms with Crippen molar-refractivity contribution in [3.63, 3.8) is 0 Å². The van der Waals surface area contributed by atoms with Crippen molar-refractivity contribution in [1.82, 2.24) is 20.4 Å². The van der Waals surface area contributed by atoms with Crippen LogP contribution in [0, 0.1) is 0 Å². The number of carbonyl (C=O) groups is 1. The average Bonchev–Trinajstić information content (AvgIpc) is 2.75. The van der Waals surface area contributed by atoms with Crippen molar-refractivity contribution >= 4 is 58.0 Å². The molecular weight excluding hydrogens is 463 g/mol. The molecule has 2 N–H and O–H groups in total. The topological polar surface area (TPSA) is 47.6 Å². The Bertz CT molecular complexity index is 606. The average molecular weight is 498 g/mol. The van der Waals surface area contributed by atoms with Crippen LogP contribution in [0.5, 0.6) is 0 Å². The molecule has 1 aromatic rings. The first-order valence-electron chi connectivity index (χ1n) is 10.4. The van der Waals surface area contributed by atoms with Gasteiger partial charge in [0.25, 0.3) is 0 Å². The zero-order valence-corrected chi connectivity index (χ0v) is 21.6. The summed E-state index contributed by atoms with van der Waals surface area (Å²) >= 11 is 23.5. The molecule has 0 radical (unpaired) electrons. The molecule has 0 saturated carbocycles. The van der Waals surface area contributed by atoms with E-state index < -0.39 is 9.96 Å². The van der Waals surface area contributed by atoms with Gasteiger partial charge in [-0.2, -0.15) is 0 Å². The van der Waals surface area contributed by atoms with E-state index in [-0.39, 0.29) is 5.91 Å². The van der Waals surface area contributed by atoms with Crippen LogP contribution >= 0.6 is 47.0 Å². The SMILES string of the molecule is CC.CC.CN1CCN(C(=S)NC(NC(=O)CCc2ccccc2)C(Cl)(Cl)Cl)CC1. The zero-order valence-electron chi connectivity index (χ0n) is 18.6. The highest BCUT2D eigenvalue weighted by molar-refractivity contribution is 7.80. The fourth-order valence-electron chi connectivity index (χ4n) is 2.56. The molecular formula is C21H35Cl3N4OS. The second-order valence-corrected chi connectivity index (χ2v) is 9.02. The van der Waals surface area contributed by atoms with Gasteiger partial charge in [0.15, 0.2) is 5.11 Å². The Kier molecular flexibility index (Phi) is 15.5. The number of carbonyl (C=O) groups excluding carboxylic acids is 1. The molecule has 0 aromatic heterocycles. The van der Waals surface area contributed by atoms with E-state index in [2.05, 4.69) is 22.6 Å². The molecule has 0 spiro atoms. The lowest BCUT2D eigenvalue weighted by molar-refractivity contribution is -0.121. The highest BCUT2D eigenvalue weighted by Crippen LogP contribution is 2.29. The van der Waals surface area contributed by atoms with Crippen LogP contribution in [0.25, 0.3) is 0 Å². The molecule has 1 heterocycles. The lowest BCUT2D eigenvalue weighted by Gasteiger charge is -2.36. The Balaban J connectivity index is 0.00000198. The van der Waals surface area contributed by atoms with Gasteiger partial charge in [-0.3, -0.25) is 4.79 Å². The second kappa shape index (κ2) is 15.9. The van der Waals surface area contributed by atoms with Gasteiger partial charge in [-0.1, -0.05) is 92.8 Å². The van der Waals surface area contributed by atoms with Crippen molar-refractivity contribution in [3.05, 3.63) is 35.9 Å². The van der Waals surface area contributed by atoms with E-state index in [1.165, 1.54) is 0 Å². The minimum Gasteiger partial charge on any atom is -0.347 e. The summed E-state index contributed by atoms with van der Waals surface area (Å²) in [6.07, 6.45) is 0.00903. The third-order valence-corrected chi connectivity index (χ3v) is 5.21. The Morgan fingerprint density at radius 2 is 1.57 bits per heavy atom. The Morgan fingerprint density at radius 3 is 2.07 bits per heavy atom. The first-order valence-corrected chi connectivity index (χ1v) is 11.9. The van der Waals surface area contributed by atoms with E-state index in [4.69, 9.17) is 47.0 Å². The van der Waals surface area contributed by atoms with Crippen molar-refractivity contribution in [2.45, 2.75) is 50.5 Å². The van der Waals surface area contributed by atoms with Crippen molar-refractivity contribution < 1.29 is 4.79 Å². The zero-order chi connectivity index (χ0) is 23.2. The molecule has 0 aliphatic carbocycles. The van der Waals surface area contributed by atoms with E-state index >= 15 is 0 Å². The number of piperazine rings is 1. The summed E-state index contributed by atoms with van der Waals surface area (Å²) in [4.78, 5) is 16.5. The lowest BCUT2D eigenvalue weighted by Crippen LogP contribution is -2.60. The molecule has 1 amide bonds. The number of benzene rings is 1. The molecule has 9 heteroatoms. The highest BCUT2D eigenvalue weighted by atomic mass is 35.6. The fourth-order valence-corrected chi connectivity index (χ4v) is 3.19. The molecule has 1 unspecified atom stereocenters. The Hall–Kier alpha value is -0.790. The summed E-state index contributed by atoms with van der Waals surface area (Å²) in [6.45, 7) is 11.4. The van der Waals surface area contributed by atoms with E-state index in [0.717, 1.165) is 31.7 Å². The summed E-state index contributed by atoms with van der Waals surface area (Å²) in [6, 6.07) is 9.76. The number of amides is 1.